The van der Waals surface area contributed by atoms with E-state index in [-0.39, 0.29) is 0 Å². The molecule has 0 aromatic carbocycles. The van der Waals surface area contributed by atoms with Crippen LogP contribution in [0.1, 0.15) is 26.7 Å². The Labute approximate surface area is 56.4 Å². The van der Waals surface area contributed by atoms with Gasteiger partial charge in [-0.2, -0.15) is 0 Å². The van der Waals surface area contributed by atoms with Gasteiger partial charge in [-0.3, -0.25) is 0 Å². The van der Waals surface area contributed by atoms with Gasteiger partial charge in [0.2, 0.25) is 0 Å². The molecule has 1 aliphatic carbocycles. The van der Waals surface area contributed by atoms with Crippen LogP contribution < -0.4 is 0 Å². The quantitative estimate of drug-likeness (QED) is 0.481. The number of fused-ring (bicyclic) bond motifs is 1. The minimum absolute atomic E-state index is 0.292. The monoisotopic (exact) mass is 126 g/mol. The molecule has 0 radical (unpaired) electrons. The summed E-state index contributed by atoms with van der Waals surface area (Å²) in [5, 5.41) is 0. The molecule has 0 amide bonds. The van der Waals surface area contributed by atoms with Crippen molar-refractivity contribution in [2.75, 3.05) is 6.61 Å². The molecule has 0 aromatic rings. The van der Waals surface area contributed by atoms with Crippen LogP contribution in [0.2, 0.25) is 0 Å². The molecule has 2 fully saturated rings. The first-order valence-electron chi connectivity index (χ1n) is 3.87. The molecule has 0 bridgehead atoms. The molecular weight excluding hydrogens is 112 g/mol. The van der Waals surface area contributed by atoms with Gasteiger partial charge in [0.1, 0.15) is 0 Å². The van der Waals surface area contributed by atoms with Crippen molar-refractivity contribution in [3.05, 3.63) is 0 Å². The highest BCUT2D eigenvalue weighted by atomic mass is 16.5. The molecule has 1 saturated carbocycles. The molecule has 2 aliphatic rings. The van der Waals surface area contributed by atoms with Gasteiger partial charge in [-0.05, 0) is 25.7 Å². The molecule has 2 rings (SSSR count). The van der Waals surface area contributed by atoms with Gasteiger partial charge in [-0.25, -0.2) is 0 Å². The molecule has 3 atom stereocenters. The molecule has 0 aromatic heterocycles. The Hall–Kier alpha value is -0.0400. The van der Waals surface area contributed by atoms with Crippen LogP contribution in [0.15, 0.2) is 0 Å². The summed E-state index contributed by atoms with van der Waals surface area (Å²) in [6.07, 6.45) is 2.78. The van der Waals surface area contributed by atoms with Crippen molar-refractivity contribution < 1.29 is 4.74 Å². The van der Waals surface area contributed by atoms with Gasteiger partial charge in [0.25, 0.3) is 0 Å². The fraction of sp³-hybridized carbons (Fsp3) is 1.00. The fourth-order valence-corrected chi connectivity index (χ4v) is 2.12. The van der Waals surface area contributed by atoms with Gasteiger partial charge in [0.15, 0.2) is 0 Å². The zero-order valence-corrected chi connectivity index (χ0v) is 6.18. The lowest BCUT2D eigenvalue weighted by Crippen LogP contribution is -2.50. The summed E-state index contributed by atoms with van der Waals surface area (Å²) in [5.74, 6) is 1.70. The highest BCUT2D eigenvalue weighted by Gasteiger charge is 2.52. The molecule has 1 heterocycles. The summed E-state index contributed by atoms with van der Waals surface area (Å²) >= 11 is 0. The van der Waals surface area contributed by atoms with Gasteiger partial charge < -0.3 is 4.74 Å². The molecule has 1 nitrogen and oxygen atoms in total. The third kappa shape index (κ3) is 0.536. The van der Waals surface area contributed by atoms with Crippen molar-refractivity contribution in [2.45, 2.75) is 32.3 Å². The van der Waals surface area contributed by atoms with E-state index in [2.05, 4.69) is 13.8 Å². The highest BCUT2D eigenvalue weighted by molar-refractivity contribution is 5.00. The SMILES string of the molecule is C[C@@H]1CC[C@H]2CO[C@]21C. The molecule has 52 valence electrons. The summed E-state index contributed by atoms with van der Waals surface area (Å²) < 4.78 is 5.55. The normalized spacial score (nSPS) is 56.7. The average molecular weight is 126 g/mol. The van der Waals surface area contributed by atoms with Crippen molar-refractivity contribution in [1.29, 1.82) is 0 Å². The van der Waals surface area contributed by atoms with E-state index in [1.165, 1.54) is 12.8 Å². The Morgan fingerprint density at radius 1 is 1.44 bits per heavy atom. The van der Waals surface area contributed by atoms with Crippen LogP contribution >= 0.6 is 0 Å². The highest BCUT2D eigenvalue weighted by Crippen LogP contribution is 2.49. The van der Waals surface area contributed by atoms with Gasteiger partial charge >= 0.3 is 0 Å². The second-order valence-electron chi connectivity index (χ2n) is 3.67. The minimum Gasteiger partial charge on any atom is -0.374 e. The van der Waals surface area contributed by atoms with Gasteiger partial charge in [0, 0.05) is 5.92 Å². The lowest BCUT2D eigenvalue weighted by atomic mass is 9.83. The Morgan fingerprint density at radius 3 is 2.44 bits per heavy atom. The van der Waals surface area contributed by atoms with E-state index in [0.717, 1.165) is 18.4 Å². The Balaban J connectivity index is 2.18. The number of hydrogen-bond donors (Lipinski definition) is 0. The number of hydrogen-bond acceptors (Lipinski definition) is 1. The number of ether oxygens (including phenoxy) is 1. The molecule has 0 unspecified atom stereocenters. The summed E-state index contributed by atoms with van der Waals surface area (Å²) in [5.41, 5.74) is 0.292. The van der Waals surface area contributed by atoms with E-state index in [0.29, 0.717) is 5.60 Å². The van der Waals surface area contributed by atoms with Gasteiger partial charge in [-0.15, -0.1) is 0 Å². The maximum absolute atomic E-state index is 5.55. The van der Waals surface area contributed by atoms with Crippen LogP contribution in [-0.4, -0.2) is 12.2 Å². The lowest BCUT2D eigenvalue weighted by Gasteiger charge is -2.45. The predicted molar refractivity (Wildman–Crippen MR) is 36.2 cm³/mol. The van der Waals surface area contributed by atoms with E-state index < -0.39 is 0 Å². The van der Waals surface area contributed by atoms with Gasteiger partial charge in [-0.1, -0.05) is 6.92 Å². The van der Waals surface area contributed by atoms with E-state index in [1.54, 1.807) is 0 Å². The molecule has 1 heteroatoms. The zero-order valence-electron chi connectivity index (χ0n) is 6.18. The van der Waals surface area contributed by atoms with Crippen molar-refractivity contribution >= 4 is 0 Å². The Morgan fingerprint density at radius 2 is 2.22 bits per heavy atom. The molecular formula is C8H14O. The van der Waals surface area contributed by atoms with Crippen LogP contribution in [0.4, 0.5) is 0 Å². The third-order valence-corrected chi connectivity index (χ3v) is 3.33. The standard InChI is InChI=1S/C8H14O/c1-6-3-4-7-5-9-8(6,7)2/h6-7H,3-5H2,1-2H3/t6-,7+,8+/m1/s1. The summed E-state index contributed by atoms with van der Waals surface area (Å²) in [4.78, 5) is 0. The maximum Gasteiger partial charge on any atom is 0.0730 e. The second kappa shape index (κ2) is 1.51. The average Bonchev–Trinajstić information content (AvgIpc) is 1.96. The topological polar surface area (TPSA) is 9.23 Å². The van der Waals surface area contributed by atoms with Crippen molar-refractivity contribution in [3.8, 4) is 0 Å². The van der Waals surface area contributed by atoms with Crippen molar-refractivity contribution in [2.24, 2.45) is 11.8 Å². The predicted octanol–water partition coefficient (Wildman–Crippen LogP) is 1.82. The first-order chi connectivity index (χ1) is 4.23. The molecule has 0 spiro atoms. The molecule has 1 saturated heterocycles. The van der Waals surface area contributed by atoms with Crippen molar-refractivity contribution in [1.82, 2.24) is 0 Å². The second-order valence-corrected chi connectivity index (χ2v) is 3.67. The first kappa shape index (κ1) is 5.72. The smallest absolute Gasteiger partial charge is 0.0730 e. The lowest BCUT2D eigenvalue weighted by molar-refractivity contribution is -0.193. The Kier molecular flexibility index (Phi) is 0.963. The van der Waals surface area contributed by atoms with E-state index in [9.17, 15) is 0 Å². The van der Waals surface area contributed by atoms with E-state index in [4.69, 9.17) is 4.74 Å². The molecule has 1 aliphatic heterocycles. The largest absolute Gasteiger partial charge is 0.374 e. The van der Waals surface area contributed by atoms with Crippen molar-refractivity contribution in [3.63, 3.8) is 0 Å². The third-order valence-electron chi connectivity index (χ3n) is 3.33. The Bertz CT molecular complexity index is 125. The number of rotatable bonds is 0. The summed E-state index contributed by atoms with van der Waals surface area (Å²) in [6.45, 7) is 5.60. The van der Waals surface area contributed by atoms with Crippen LogP contribution in [0.3, 0.4) is 0 Å². The van der Waals surface area contributed by atoms with Crippen LogP contribution in [0.5, 0.6) is 0 Å². The minimum atomic E-state index is 0.292. The fourth-order valence-electron chi connectivity index (χ4n) is 2.12. The van der Waals surface area contributed by atoms with Crippen LogP contribution in [0.25, 0.3) is 0 Å². The van der Waals surface area contributed by atoms with E-state index >= 15 is 0 Å². The summed E-state index contributed by atoms with van der Waals surface area (Å²) in [7, 11) is 0. The van der Waals surface area contributed by atoms with Crippen LogP contribution in [0, 0.1) is 11.8 Å². The van der Waals surface area contributed by atoms with Crippen LogP contribution in [-0.2, 0) is 4.74 Å². The zero-order chi connectivity index (χ0) is 6.48. The maximum atomic E-state index is 5.55. The van der Waals surface area contributed by atoms with Gasteiger partial charge in [0.05, 0.1) is 12.2 Å². The molecule has 0 N–H and O–H groups in total. The van der Waals surface area contributed by atoms with E-state index in [1.807, 2.05) is 0 Å². The first-order valence-corrected chi connectivity index (χ1v) is 3.87. The molecule has 9 heavy (non-hydrogen) atoms. The summed E-state index contributed by atoms with van der Waals surface area (Å²) in [6, 6.07) is 0.